The molecule has 4 rings (SSSR count). The van der Waals surface area contributed by atoms with Gasteiger partial charge in [-0.2, -0.15) is 0 Å². The number of aromatic nitrogens is 4. The highest BCUT2D eigenvalue weighted by Crippen LogP contribution is 2.28. The molecule has 1 aliphatic heterocycles. The van der Waals surface area contributed by atoms with E-state index in [1.165, 1.54) is 5.56 Å². The molecule has 0 atom stereocenters. The van der Waals surface area contributed by atoms with E-state index >= 15 is 0 Å². The van der Waals surface area contributed by atoms with E-state index in [0.29, 0.717) is 5.92 Å². The van der Waals surface area contributed by atoms with Gasteiger partial charge in [0.1, 0.15) is 11.6 Å². The Balaban J connectivity index is 1.64. The van der Waals surface area contributed by atoms with Crippen LogP contribution < -0.4 is 4.90 Å². The maximum Gasteiger partial charge on any atom is 0.159 e. The molecule has 0 spiro atoms. The monoisotopic (exact) mass is 331 g/mol. The lowest BCUT2D eigenvalue weighted by atomic mass is 10.1. The molecule has 0 bridgehead atoms. The molecule has 0 unspecified atom stereocenters. The molecular weight excluding hydrogens is 310 g/mol. The number of anilines is 1. The zero-order valence-corrected chi connectivity index (χ0v) is 14.8. The number of fused-ring (bicyclic) bond motifs is 1. The summed E-state index contributed by atoms with van der Waals surface area (Å²) in [5, 5.41) is 0. The highest BCUT2D eigenvalue weighted by atomic mass is 15.2. The van der Waals surface area contributed by atoms with Gasteiger partial charge in [0.05, 0.1) is 12.2 Å². The molecule has 0 fully saturated rings. The Bertz CT molecular complexity index is 905. The minimum atomic E-state index is 0.384. The number of rotatable bonds is 3. The number of nitrogens with zero attached hydrogens (tertiary/aromatic N) is 5. The Morgan fingerprint density at radius 3 is 2.56 bits per heavy atom. The zero-order valence-electron chi connectivity index (χ0n) is 14.8. The summed E-state index contributed by atoms with van der Waals surface area (Å²) < 4.78 is 0. The molecule has 1 aliphatic rings. The van der Waals surface area contributed by atoms with Gasteiger partial charge in [-0.1, -0.05) is 44.2 Å². The van der Waals surface area contributed by atoms with Crippen molar-refractivity contribution in [1.82, 2.24) is 19.9 Å². The maximum atomic E-state index is 4.78. The lowest BCUT2D eigenvalue weighted by Crippen LogP contribution is -2.17. The molecule has 0 N–H and O–H groups in total. The third kappa shape index (κ3) is 3.09. The van der Waals surface area contributed by atoms with Crippen molar-refractivity contribution in [3.05, 3.63) is 65.4 Å². The van der Waals surface area contributed by atoms with E-state index < -0.39 is 0 Å². The SMILES string of the molecule is Cc1nc(C(C)C)cc(N2Cc3cnc(-c4ccccc4)nc3C2)n1. The predicted molar refractivity (Wildman–Crippen MR) is 98.2 cm³/mol. The fourth-order valence-electron chi connectivity index (χ4n) is 3.07. The molecule has 0 radical (unpaired) electrons. The summed E-state index contributed by atoms with van der Waals surface area (Å²) in [6.07, 6.45) is 1.95. The van der Waals surface area contributed by atoms with Gasteiger partial charge in [-0.3, -0.25) is 0 Å². The molecule has 3 heterocycles. The van der Waals surface area contributed by atoms with Crippen molar-refractivity contribution < 1.29 is 0 Å². The second-order valence-corrected chi connectivity index (χ2v) is 6.74. The van der Waals surface area contributed by atoms with E-state index in [4.69, 9.17) is 4.98 Å². The fraction of sp³-hybridized carbons (Fsp3) is 0.300. The van der Waals surface area contributed by atoms with Crippen LogP contribution in [0.25, 0.3) is 11.4 Å². The molecule has 2 aromatic heterocycles. The van der Waals surface area contributed by atoms with E-state index in [9.17, 15) is 0 Å². The van der Waals surface area contributed by atoms with Crippen LogP contribution in [0.15, 0.2) is 42.6 Å². The summed E-state index contributed by atoms with van der Waals surface area (Å²) in [5.41, 5.74) is 4.37. The Labute approximate surface area is 147 Å². The number of hydrogen-bond acceptors (Lipinski definition) is 5. The first kappa shape index (κ1) is 15.7. The summed E-state index contributed by atoms with van der Waals surface area (Å²) in [6, 6.07) is 12.2. The standard InChI is InChI=1S/C20H21N5/c1-13(2)17-9-19(23-14(3)22-17)25-11-16-10-21-20(24-18(16)12-25)15-7-5-4-6-8-15/h4-10,13H,11-12H2,1-3H3. The molecule has 1 aromatic carbocycles. The molecule has 0 saturated carbocycles. The third-order valence-electron chi connectivity index (χ3n) is 4.45. The highest BCUT2D eigenvalue weighted by molar-refractivity contribution is 5.56. The van der Waals surface area contributed by atoms with Crippen molar-refractivity contribution in [1.29, 1.82) is 0 Å². The molecule has 25 heavy (non-hydrogen) atoms. The molecule has 5 heteroatoms. The van der Waals surface area contributed by atoms with Gasteiger partial charge in [0.15, 0.2) is 5.82 Å². The van der Waals surface area contributed by atoms with Crippen LogP contribution in [-0.4, -0.2) is 19.9 Å². The number of hydrogen-bond donors (Lipinski definition) is 0. The minimum absolute atomic E-state index is 0.384. The molecule has 3 aromatic rings. The molecule has 0 amide bonds. The van der Waals surface area contributed by atoms with Crippen molar-refractivity contribution >= 4 is 5.82 Å². The second-order valence-electron chi connectivity index (χ2n) is 6.74. The lowest BCUT2D eigenvalue weighted by molar-refractivity contribution is 0.779. The second kappa shape index (κ2) is 6.24. The van der Waals surface area contributed by atoms with Crippen molar-refractivity contribution in [2.75, 3.05) is 4.90 Å². The van der Waals surface area contributed by atoms with Gasteiger partial charge in [0.2, 0.25) is 0 Å². The Morgan fingerprint density at radius 2 is 1.80 bits per heavy atom. The minimum Gasteiger partial charge on any atom is -0.346 e. The predicted octanol–water partition coefficient (Wildman–Crippen LogP) is 3.89. The van der Waals surface area contributed by atoms with E-state index in [1.807, 2.05) is 43.5 Å². The third-order valence-corrected chi connectivity index (χ3v) is 4.45. The summed E-state index contributed by atoms with van der Waals surface area (Å²) in [6.45, 7) is 7.81. The molecule has 5 nitrogen and oxygen atoms in total. The van der Waals surface area contributed by atoms with Crippen LogP contribution in [0.1, 0.15) is 42.5 Å². The van der Waals surface area contributed by atoms with Crippen LogP contribution in [0, 0.1) is 6.92 Å². The number of aryl methyl sites for hydroxylation is 1. The Hall–Kier alpha value is -2.82. The maximum absolute atomic E-state index is 4.78. The Kier molecular flexibility index (Phi) is 3.92. The van der Waals surface area contributed by atoms with Gasteiger partial charge in [0.25, 0.3) is 0 Å². The molecule has 126 valence electrons. The van der Waals surface area contributed by atoms with Gasteiger partial charge in [-0.25, -0.2) is 19.9 Å². The fourth-order valence-corrected chi connectivity index (χ4v) is 3.07. The van der Waals surface area contributed by atoms with E-state index in [1.54, 1.807) is 0 Å². The first-order valence-corrected chi connectivity index (χ1v) is 8.61. The highest BCUT2D eigenvalue weighted by Gasteiger charge is 2.23. The smallest absolute Gasteiger partial charge is 0.159 e. The average molecular weight is 331 g/mol. The van der Waals surface area contributed by atoms with Crippen molar-refractivity contribution in [2.45, 2.75) is 39.8 Å². The van der Waals surface area contributed by atoms with Crippen molar-refractivity contribution in [3.63, 3.8) is 0 Å². The van der Waals surface area contributed by atoms with Gasteiger partial charge >= 0.3 is 0 Å². The van der Waals surface area contributed by atoms with Gasteiger partial charge in [-0.05, 0) is 12.8 Å². The van der Waals surface area contributed by atoms with E-state index in [2.05, 4.69) is 39.8 Å². The van der Waals surface area contributed by atoms with Crippen molar-refractivity contribution in [2.24, 2.45) is 0 Å². The average Bonchev–Trinajstić information content (AvgIpc) is 3.05. The normalized spacial score (nSPS) is 13.4. The largest absolute Gasteiger partial charge is 0.346 e. The molecule has 0 saturated heterocycles. The summed E-state index contributed by atoms with van der Waals surface area (Å²) in [4.78, 5) is 20.7. The molecule has 0 aliphatic carbocycles. The number of benzene rings is 1. The zero-order chi connectivity index (χ0) is 17.4. The van der Waals surface area contributed by atoms with Crippen LogP contribution in [0.4, 0.5) is 5.82 Å². The molecular formula is C20H21N5. The van der Waals surface area contributed by atoms with Crippen LogP contribution in [0.2, 0.25) is 0 Å². The van der Waals surface area contributed by atoms with Crippen LogP contribution in [-0.2, 0) is 13.1 Å². The van der Waals surface area contributed by atoms with Gasteiger partial charge in [-0.15, -0.1) is 0 Å². The summed E-state index contributed by atoms with van der Waals surface area (Å²) >= 11 is 0. The Morgan fingerprint density at radius 1 is 1.00 bits per heavy atom. The quantitative estimate of drug-likeness (QED) is 0.729. The van der Waals surface area contributed by atoms with Crippen LogP contribution in [0.5, 0.6) is 0 Å². The van der Waals surface area contributed by atoms with Crippen LogP contribution in [0.3, 0.4) is 0 Å². The van der Waals surface area contributed by atoms with Gasteiger partial charge < -0.3 is 4.90 Å². The van der Waals surface area contributed by atoms with Crippen molar-refractivity contribution in [3.8, 4) is 11.4 Å². The van der Waals surface area contributed by atoms with Crippen LogP contribution >= 0.6 is 0 Å². The topological polar surface area (TPSA) is 54.8 Å². The summed E-state index contributed by atoms with van der Waals surface area (Å²) in [7, 11) is 0. The lowest BCUT2D eigenvalue weighted by Gasteiger charge is -2.18. The van der Waals surface area contributed by atoms with E-state index in [0.717, 1.165) is 47.5 Å². The van der Waals surface area contributed by atoms with Gasteiger partial charge in [0, 0.05) is 35.6 Å². The summed E-state index contributed by atoms with van der Waals surface area (Å²) in [5.74, 6) is 2.95. The first-order chi connectivity index (χ1) is 12.1. The van der Waals surface area contributed by atoms with E-state index in [-0.39, 0.29) is 0 Å². The first-order valence-electron chi connectivity index (χ1n) is 8.61.